The highest BCUT2D eigenvalue weighted by Crippen LogP contribution is 2.22. The highest BCUT2D eigenvalue weighted by atomic mass is 32.2. The Bertz CT molecular complexity index is 754. The van der Waals surface area contributed by atoms with E-state index in [4.69, 9.17) is 4.52 Å². The summed E-state index contributed by atoms with van der Waals surface area (Å²) in [6.07, 6.45) is 4.21. The molecule has 0 aliphatic rings. The molecule has 0 aliphatic carbocycles. The van der Waals surface area contributed by atoms with Crippen molar-refractivity contribution in [3.05, 3.63) is 41.5 Å². The summed E-state index contributed by atoms with van der Waals surface area (Å²) >= 11 is 0. The summed E-state index contributed by atoms with van der Waals surface area (Å²) < 4.78 is 28.4. The molecule has 7 heteroatoms. The molecule has 1 aromatic carbocycles. The van der Waals surface area contributed by atoms with Crippen LogP contribution in [0.5, 0.6) is 0 Å². The van der Waals surface area contributed by atoms with Gasteiger partial charge in [-0.3, -0.25) is 4.90 Å². The molecule has 0 saturated heterocycles. The van der Waals surface area contributed by atoms with Gasteiger partial charge in [0, 0.05) is 18.7 Å². The van der Waals surface area contributed by atoms with Gasteiger partial charge in [-0.25, -0.2) is 8.42 Å². The van der Waals surface area contributed by atoms with Gasteiger partial charge >= 0.3 is 0 Å². The fourth-order valence-electron chi connectivity index (χ4n) is 2.39. The van der Waals surface area contributed by atoms with Crippen molar-refractivity contribution in [1.82, 2.24) is 15.0 Å². The fourth-order valence-corrected chi connectivity index (χ4v) is 3.02. The topological polar surface area (TPSA) is 76.3 Å². The van der Waals surface area contributed by atoms with E-state index in [0.29, 0.717) is 17.3 Å². The van der Waals surface area contributed by atoms with Gasteiger partial charge in [0.05, 0.1) is 11.4 Å². The van der Waals surface area contributed by atoms with E-state index in [9.17, 15) is 8.42 Å². The molecule has 2 rings (SSSR count). The molecule has 0 N–H and O–H groups in total. The monoisotopic (exact) mass is 351 g/mol. The van der Waals surface area contributed by atoms with Crippen LogP contribution in [-0.4, -0.2) is 36.8 Å². The van der Waals surface area contributed by atoms with Crippen LogP contribution >= 0.6 is 0 Å². The van der Waals surface area contributed by atoms with Crippen molar-refractivity contribution >= 4 is 9.84 Å². The second kappa shape index (κ2) is 7.90. The van der Waals surface area contributed by atoms with Crippen LogP contribution in [0, 0.1) is 0 Å². The molecule has 1 atom stereocenters. The minimum Gasteiger partial charge on any atom is -0.338 e. The Morgan fingerprint density at radius 1 is 1.25 bits per heavy atom. The first kappa shape index (κ1) is 18.6. The van der Waals surface area contributed by atoms with Crippen LogP contribution in [0.1, 0.15) is 50.0 Å². The van der Waals surface area contributed by atoms with Crippen molar-refractivity contribution in [2.45, 2.75) is 50.6 Å². The first-order valence-corrected chi connectivity index (χ1v) is 10.0. The third-order valence-electron chi connectivity index (χ3n) is 4.10. The lowest BCUT2D eigenvalue weighted by Gasteiger charge is -2.23. The lowest BCUT2D eigenvalue weighted by molar-refractivity contribution is 0.216. The largest absolute Gasteiger partial charge is 0.338 e. The highest BCUT2D eigenvalue weighted by molar-refractivity contribution is 7.90. The van der Waals surface area contributed by atoms with E-state index in [0.717, 1.165) is 30.7 Å². The van der Waals surface area contributed by atoms with Gasteiger partial charge in [0.1, 0.15) is 0 Å². The normalized spacial score (nSPS) is 13.4. The average Bonchev–Trinajstić information content (AvgIpc) is 2.98. The molecule has 0 fully saturated rings. The molecular formula is C17H25N3O3S. The summed E-state index contributed by atoms with van der Waals surface area (Å²) in [6.45, 7) is 4.74. The number of rotatable bonds is 8. The molecule has 0 spiro atoms. The van der Waals surface area contributed by atoms with E-state index in [-0.39, 0.29) is 6.04 Å². The van der Waals surface area contributed by atoms with E-state index in [2.05, 4.69) is 28.9 Å². The van der Waals surface area contributed by atoms with Gasteiger partial charge in [-0.15, -0.1) is 0 Å². The Morgan fingerprint density at radius 3 is 2.50 bits per heavy atom. The van der Waals surface area contributed by atoms with Crippen LogP contribution in [0.2, 0.25) is 0 Å². The number of nitrogens with zero attached hydrogens (tertiary/aromatic N) is 3. The van der Waals surface area contributed by atoms with Crippen LogP contribution < -0.4 is 0 Å². The molecule has 1 unspecified atom stereocenters. The van der Waals surface area contributed by atoms with E-state index >= 15 is 0 Å². The summed E-state index contributed by atoms with van der Waals surface area (Å²) in [5.41, 5.74) is 1.04. The molecular weight excluding hydrogens is 326 g/mol. The summed E-state index contributed by atoms with van der Waals surface area (Å²) in [6, 6.07) is 7.08. The molecule has 6 nitrogen and oxygen atoms in total. The van der Waals surface area contributed by atoms with Crippen molar-refractivity contribution in [3.63, 3.8) is 0 Å². The van der Waals surface area contributed by atoms with E-state index in [1.54, 1.807) is 12.1 Å². The molecule has 132 valence electrons. The van der Waals surface area contributed by atoms with Gasteiger partial charge in [0.2, 0.25) is 5.89 Å². The van der Waals surface area contributed by atoms with Crippen LogP contribution in [-0.2, 0) is 22.8 Å². The minimum absolute atomic E-state index is 0.101. The molecule has 0 radical (unpaired) electrons. The van der Waals surface area contributed by atoms with Crippen molar-refractivity contribution in [2.75, 3.05) is 13.3 Å². The molecule has 1 heterocycles. The number of aryl methyl sites for hydroxylation is 1. The Kier molecular flexibility index (Phi) is 6.12. The summed E-state index contributed by atoms with van der Waals surface area (Å²) in [4.78, 5) is 6.83. The lowest BCUT2D eigenvalue weighted by Crippen LogP contribution is -2.22. The van der Waals surface area contributed by atoms with Crippen molar-refractivity contribution in [2.24, 2.45) is 0 Å². The van der Waals surface area contributed by atoms with Gasteiger partial charge < -0.3 is 4.52 Å². The zero-order valence-corrected chi connectivity index (χ0v) is 15.5. The Labute approximate surface area is 143 Å². The second-order valence-corrected chi connectivity index (χ2v) is 8.16. The quantitative estimate of drug-likeness (QED) is 0.728. The zero-order valence-electron chi connectivity index (χ0n) is 14.7. The molecule has 0 bridgehead atoms. The van der Waals surface area contributed by atoms with Gasteiger partial charge in [-0.2, -0.15) is 4.98 Å². The molecule has 0 aliphatic heterocycles. The molecule has 0 saturated carbocycles. The maximum Gasteiger partial charge on any atom is 0.240 e. The second-order valence-electron chi connectivity index (χ2n) is 6.14. The van der Waals surface area contributed by atoms with Crippen molar-refractivity contribution in [1.29, 1.82) is 0 Å². The predicted octanol–water partition coefficient (Wildman–Crippen LogP) is 3.01. The Morgan fingerprint density at radius 2 is 1.92 bits per heavy atom. The van der Waals surface area contributed by atoms with Gasteiger partial charge in [-0.05, 0) is 38.1 Å². The molecule has 24 heavy (non-hydrogen) atoms. The summed E-state index contributed by atoms with van der Waals surface area (Å²) in [7, 11) is -1.19. The third kappa shape index (κ3) is 4.88. The molecule has 2 aromatic rings. The predicted molar refractivity (Wildman–Crippen MR) is 92.3 cm³/mol. The van der Waals surface area contributed by atoms with E-state index in [1.807, 2.05) is 19.2 Å². The van der Waals surface area contributed by atoms with Crippen LogP contribution in [0.3, 0.4) is 0 Å². The minimum atomic E-state index is -3.17. The number of benzene rings is 1. The lowest BCUT2D eigenvalue weighted by atomic mass is 10.1. The highest BCUT2D eigenvalue weighted by Gasteiger charge is 2.16. The third-order valence-corrected chi connectivity index (χ3v) is 5.23. The van der Waals surface area contributed by atoms with Gasteiger partial charge in [0.15, 0.2) is 15.7 Å². The van der Waals surface area contributed by atoms with Crippen molar-refractivity contribution in [3.8, 4) is 0 Å². The number of unbranched alkanes of at least 4 members (excludes halogenated alkanes) is 1. The molecule has 1 aromatic heterocycles. The van der Waals surface area contributed by atoms with Gasteiger partial charge in [-0.1, -0.05) is 30.6 Å². The Hall–Kier alpha value is -1.73. The summed E-state index contributed by atoms with van der Waals surface area (Å²) in [5.74, 6) is 1.36. The van der Waals surface area contributed by atoms with E-state index < -0.39 is 9.84 Å². The average molecular weight is 351 g/mol. The van der Waals surface area contributed by atoms with Crippen LogP contribution in [0.4, 0.5) is 0 Å². The first-order valence-electron chi connectivity index (χ1n) is 8.13. The smallest absolute Gasteiger partial charge is 0.240 e. The number of hydrogen-bond acceptors (Lipinski definition) is 6. The zero-order chi connectivity index (χ0) is 17.7. The summed E-state index contributed by atoms with van der Waals surface area (Å²) in [5, 5.41) is 4.00. The number of aromatic nitrogens is 2. The van der Waals surface area contributed by atoms with Crippen LogP contribution in [0.25, 0.3) is 0 Å². The van der Waals surface area contributed by atoms with Crippen molar-refractivity contribution < 1.29 is 12.9 Å². The fraction of sp³-hybridized carbons (Fsp3) is 0.529. The Balaban J connectivity index is 2.01. The van der Waals surface area contributed by atoms with Gasteiger partial charge in [0.25, 0.3) is 0 Å². The number of sulfone groups is 1. The SMILES string of the molecule is CCCCc1noc(CN(C)C(C)c2ccc(S(C)(=O)=O)cc2)n1. The standard InChI is InChI=1S/C17H25N3O3S/c1-5-6-7-16-18-17(23-19-16)12-20(3)13(2)14-8-10-15(11-9-14)24(4,21)22/h8-11,13H,5-7,12H2,1-4H3. The maximum absolute atomic E-state index is 11.5. The maximum atomic E-state index is 11.5. The first-order chi connectivity index (χ1) is 11.3. The van der Waals surface area contributed by atoms with E-state index in [1.165, 1.54) is 6.26 Å². The molecule has 0 amide bonds. The van der Waals surface area contributed by atoms with Crippen LogP contribution in [0.15, 0.2) is 33.7 Å². The number of hydrogen-bond donors (Lipinski definition) is 0.